The van der Waals surface area contributed by atoms with Crippen LogP contribution in [0.15, 0.2) is 12.1 Å². The van der Waals surface area contributed by atoms with Crippen LogP contribution in [0.3, 0.4) is 0 Å². The van der Waals surface area contributed by atoms with Crippen LogP contribution in [0.5, 0.6) is 0 Å². The van der Waals surface area contributed by atoms with Gasteiger partial charge in [0.15, 0.2) is 0 Å². The predicted octanol–water partition coefficient (Wildman–Crippen LogP) is 2.69. The standard InChI is InChI=1S/C13H18F3N3O/c1-19(8-10-4-2-3-5-20-10)12-7-9(13(14,15)16)6-11(17)18-12/h6-7,10H,2-5,8H2,1H3,(H2,17,18). The van der Waals surface area contributed by atoms with Gasteiger partial charge in [-0.1, -0.05) is 0 Å². The minimum Gasteiger partial charge on any atom is -0.384 e. The van der Waals surface area contributed by atoms with Crippen molar-refractivity contribution in [2.75, 3.05) is 30.8 Å². The molecule has 2 heterocycles. The van der Waals surface area contributed by atoms with Crippen LogP contribution in [0, 0.1) is 0 Å². The van der Waals surface area contributed by atoms with Crippen LogP contribution in [-0.2, 0) is 10.9 Å². The molecule has 0 bridgehead atoms. The lowest BCUT2D eigenvalue weighted by atomic mass is 10.1. The lowest BCUT2D eigenvalue weighted by molar-refractivity contribution is -0.137. The summed E-state index contributed by atoms with van der Waals surface area (Å²) in [4.78, 5) is 5.62. The van der Waals surface area contributed by atoms with Crippen LogP contribution in [0.4, 0.5) is 24.8 Å². The van der Waals surface area contributed by atoms with Gasteiger partial charge in [-0.05, 0) is 31.4 Å². The average molecular weight is 289 g/mol. The Morgan fingerprint density at radius 1 is 1.40 bits per heavy atom. The number of nitrogens with two attached hydrogens (primary N) is 1. The highest BCUT2D eigenvalue weighted by Gasteiger charge is 2.32. The third kappa shape index (κ3) is 3.75. The Hall–Kier alpha value is -1.50. The summed E-state index contributed by atoms with van der Waals surface area (Å²) in [6.07, 6.45) is -1.36. The van der Waals surface area contributed by atoms with Gasteiger partial charge in [-0.15, -0.1) is 0 Å². The van der Waals surface area contributed by atoms with Gasteiger partial charge >= 0.3 is 6.18 Å². The number of nitrogen functional groups attached to an aromatic ring is 1. The normalized spacial score (nSPS) is 19.9. The first kappa shape index (κ1) is 14.9. The van der Waals surface area contributed by atoms with Crippen LogP contribution >= 0.6 is 0 Å². The van der Waals surface area contributed by atoms with Crippen molar-refractivity contribution in [3.8, 4) is 0 Å². The molecule has 1 aliphatic rings. The van der Waals surface area contributed by atoms with E-state index < -0.39 is 11.7 Å². The van der Waals surface area contributed by atoms with Crippen LogP contribution in [-0.4, -0.2) is 31.3 Å². The van der Waals surface area contributed by atoms with Crippen LogP contribution < -0.4 is 10.6 Å². The number of alkyl halides is 3. The number of hydrogen-bond donors (Lipinski definition) is 1. The van der Waals surface area contributed by atoms with E-state index in [0.29, 0.717) is 13.2 Å². The second kappa shape index (κ2) is 5.87. The molecule has 0 radical (unpaired) electrons. The fourth-order valence-electron chi connectivity index (χ4n) is 2.25. The molecule has 0 spiro atoms. The monoisotopic (exact) mass is 289 g/mol. The van der Waals surface area contributed by atoms with E-state index >= 15 is 0 Å². The number of nitrogens with zero attached hydrogens (tertiary/aromatic N) is 2. The Bertz CT molecular complexity index is 459. The summed E-state index contributed by atoms with van der Waals surface area (Å²) in [5.41, 5.74) is 4.68. The predicted molar refractivity (Wildman–Crippen MR) is 70.5 cm³/mol. The van der Waals surface area contributed by atoms with Crippen molar-refractivity contribution in [2.24, 2.45) is 0 Å². The number of rotatable bonds is 3. The van der Waals surface area contributed by atoms with Gasteiger partial charge in [0.1, 0.15) is 11.6 Å². The van der Waals surface area contributed by atoms with E-state index in [2.05, 4.69) is 4.98 Å². The SMILES string of the molecule is CN(CC1CCCCO1)c1cc(C(F)(F)F)cc(N)n1. The largest absolute Gasteiger partial charge is 0.416 e. The minimum atomic E-state index is -4.42. The lowest BCUT2D eigenvalue weighted by Gasteiger charge is -2.28. The molecule has 7 heteroatoms. The molecule has 0 aliphatic carbocycles. The first-order valence-electron chi connectivity index (χ1n) is 6.54. The fourth-order valence-corrected chi connectivity index (χ4v) is 2.25. The fraction of sp³-hybridized carbons (Fsp3) is 0.615. The molecule has 0 saturated carbocycles. The molecular weight excluding hydrogens is 271 g/mol. The third-order valence-corrected chi connectivity index (χ3v) is 3.30. The Morgan fingerprint density at radius 3 is 2.75 bits per heavy atom. The first-order chi connectivity index (χ1) is 9.36. The zero-order valence-electron chi connectivity index (χ0n) is 11.3. The number of halogens is 3. The molecule has 4 nitrogen and oxygen atoms in total. The molecule has 20 heavy (non-hydrogen) atoms. The van der Waals surface area contributed by atoms with Crippen LogP contribution in [0.2, 0.25) is 0 Å². The molecule has 0 aromatic carbocycles. The molecule has 1 aliphatic heterocycles. The van der Waals surface area contributed by atoms with Crippen LogP contribution in [0.1, 0.15) is 24.8 Å². The Kier molecular flexibility index (Phi) is 4.37. The second-order valence-electron chi connectivity index (χ2n) is 5.01. The molecule has 1 unspecified atom stereocenters. The minimum absolute atomic E-state index is 0.0336. The van der Waals surface area contributed by atoms with Gasteiger partial charge in [-0.3, -0.25) is 0 Å². The molecule has 112 valence electrons. The zero-order valence-corrected chi connectivity index (χ0v) is 11.3. The summed E-state index contributed by atoms with van der Waals surface area (Å²) < 4.78 is 43.8. The summed E-state index contributed by atoms with van der Waals surface area (Å²) in [7, 11) is 1.69. The number of likely N-dealkylation sites (N-methyl/N-ethyl adjacent to an activating group) is 1. The van der Waals surface area contributed by atoms with E-state index in [-0.39, 0.29) is 17.7 Å². The molecule has 2 N–H and O–H groups in total. The molecule has 2 rings (SSSR count). The van der Waals surface area contributed by atoms with Crippen molar-refractivity contribution in [3.63, 3.8) is 0 Å². The van der Waals surface area contributed by atoms with Gasteiger partial charge in [-0.25, -0.2) is 4.98 Å². The summed E-state index contributed by atoms with van der Waals surface area (Å²) in [6, 6.07) is 1.85. The number of pyridine rings is 1. The average Bonchev–Trinajstić information content (AvgIpc) is 2.38. The van der Waals surface area contributed by atoms with Gasteiger partial charge in [0, 0.05) is 20.2 Å². The van der Waals surface area contributed by atoms with Gasteiger partial charge in [0.05, 0.1) is 11.7 Å². The maximum absolute atomic E-state index is 12.7. The van der Waals surface area contributed by atoms with Crippen molar-refractivity contribution in [3.05, 3.63) is 17.7 Å². The number of anilines is 2. The lowest BCUT2D eigenvalue weighted by Crippen LogP contribution is -2.34. The van der Waals surface area contributed by atoms with Gasteiger partial charge < -0.3 is 15.4 Å². The molecule has 1 aromatic rings. The number of aromatic nitrogens is 1. The van der Waals surface area contributed by atoms with E-state index in [1.165, 1.54) is 0 Å². The van der Waals surface area contributed by atoms with E-state index in [9.17, 15) is 13.2 Å². The smallest absolute Gasteiger partial charge is 0.384 e. The quantitative estimate of drug-likeness (QED) is 0.929. The molecule has 1 fully saturated rings. The van der Waals surface area contributed by atoms with E-state index in [4.69, 9.17) is 10.5 Å². The van der Waals surface area contributed by atoms with Crippen molar-refractivity contribution < 1.29 is 17.9 Å². The first-order valence-corrected chi connectivity index (χ1v) is 6.54. The molecule has 0 amide bonds. The number of hydrogen-bond acceptors (Lipinski definition) is 4. The van der Waals surface area contributed by atoms with E-state index in [1.54, 1.807) is 11.9 Å². The van der Waals surface area contributed by atoms with Crippen LogP contribution in [0.25, 0.3) is 0 Å². The maximum atomic E-state index is 12.7. The summed E-state index contributed by atoms with van der Waals surface area (Å²) in [5.74, 6) is 0.0812. The molecule has 1 atom stereocenters. The van der Waals surface area contributed by atoms with Crippen molar-refractivity contribution >= 4 is 11.6 Å². The summed E-state index contributed by atoms with van der Waals surface area (Å²) in [5, 5.41) is 0. The van der Waals surface area contributed by atoms with Crippen molar-refractivity contribution in [2.45, 2.75) is 31.5 Å². The summed E-state index contributed by atoms with van der Waals surface area (Å²) in [6.45, 7) is 1.21. The molecule has 1 aromatic heterocycles. The molecule has 1 saturated heterocycles. The zero-order chi connectivity index (χ0) is 14.8. The van der Waals surface area contributed by atoms with Gasteiger partial charge in [0.25, 0.3) is 0 Å². The Balaban J connectivity index is 2.12. The molecular formula is C13H18F3N3O. The number of ether oxygens (including phenoxy) is 1. The highest BCUT2D eigenvalue weighted by atomic mass is 19.4. The van der Waals surface area contributed by atoms with Crippen molar-refractivity contribution in [1.82, 2.24) is 4.98 Å². The Morgan fingerprint density at radius 2 is 2.15 bits per heavy atom. The van der Waals surface area contributed by atoms with E-state index in [0.717, 1.165) is 31.4 Å². The van der Waals surface area contributed by atoms with Gasteiger partial charge in [-0.2, -0.15) is 13.2 Å². The topological polar surface area (TPSA) is 51.4 Å². The van der Waals surface area contributed by atoms with Crippen molar-refractivity contribution in [1.29, 1.82) is 0 Å². The third-order valence-electron chi connectivity index (χ3n) is 3.30. The van der Waals surface area contributed by atoms with E-state index in [1.807, 2.05) is 0 Å². The highest BCUT2D eigenvalue weighted by Crippen LogP contribution is 2.32. The van der Waals surface area contributed by atoms with Gasteiger partial charge in [0.2, 0.25) is 0 Å². The second-order valence-corrected chi connectivity index (χ2v) is 5.01. The highest BCUT2D eigenvalue weighted by molar-refractivity contribution is 5.48. The Labute approximate surface area is 115 Å². The maximum Gasteiger partial charge on any atom is 0.416 e. The summed E-state index contributed by atoms with van der Waals surface area (Å²) >= 11 is 0.